The number of rotatable bonds is 41. The molecule has 0 aromatic heterocycles. The third-order valence-electron chi connectivity index (χ3n) is 12.1. The van der Waals surface area contributed by atoms with Crippen molar-refractivity contribution in [2.45, 2.75) is 281 Å². The molecule has 10 heteroatoms. The van der Waals surface area contributed by atoms with Gasteiger partial charge in [-0.1, -0.05) is 219 Å². The van der Waals surface area contributed by atoms with Crippen molar-refractivity contribution in [3.8, 4) is 0 Å². The van der Waals surface area contributed by atoms with E-state index < -0.39 is 61.5 Å². The van der Waals surface area contributed by atoms with Crippen LogP contribution in [0.15, 0.2) is 0 Å². The fourth-order valence-electron chi connectivity index (χ4n) is 8.05. The number of ether oxygens (including phenoxy) is 2. The Balaban J connectivity index is 2.34. The Kier molecular flexibility index (Phi) is 36.2. The highest BCUT2D eigenvalue weighted by Gasteiger charge is 2.44. The Morgan fingerprint density at radius 1 is 0.526 bits per heavy atom. The molecule has 340 valence electrons. The van der Waals surface area contributed by atoms with E-state index in [2.05, 4.69) is 19.2 Å². The molecular weight excluding hydrogens is 723 g/mol. The summed E-state index contributed by atoms with van der Waals surface area (Å²) >= 11 is 0. The van der Waals surface area contributed by atoms with Crippen molar-refractivity contribution >= 4 is 5.91 Å². The van der Waals surface area contributed by atoms with E-state index in [0.29, 0.717) is 12.8 Å². The van der Waals surface area contributed by atoms with Crippen LogP contribution in [0.5, 0.6) is 0 Å². The fourth-order valence-corrected chi connectivity index (χ4v) is 8.05. The Morgan fingerprint density at radius 3 is 1.25 bits per heavy atom. The predicted molar refractivity (Wildman–Crippen MR) is 232 cm³/mol. The van der Waals surface area contributed by atoms with Crippen LogP contribution in [-0.4, -0.2) is 98.7 Å². The first-order valence-electron chi connectivity index (χ1n) is 24.3. The monoisotopic (exact) mass is 816 g/mol. The quantitative estimate of drug-likeness (QED) is 0.0298. The first-order valence-corrected chi connectivity index (χ1v) is 24.3. The number of aliphatic hydroxyl groups excluding tert-OH is 6. The Labute approximate surface area is 349 Å². The van der Waals surface area contributed by atoms with Gasteiger partial charge in [0.15, 0.2) is 6.29 Å². The molecule has 57 heavy (non-hydrogen) atoms. The molecule has 1 saturated heterocycles. The second kappa shape index (κ2) is 38.1. The maximum Gasteiger partial charge on any atom is 0.249 e. The van der Waals surface area contributed by atoms with Crippen molar-refractivity contribution in [1.82, 2.24) is 5.32 Å². The Morgan fingerprint density at radius 2 is 0.877 bits per heavy atom. The van der Waals surface area contributed by atoms with Crippen LogP contribution in [0.2, 0.25) is 0 Å². The van der Waals surface area contributed by atoms with E-state index in [4.69, 9.17) is 9.47 Å². The highest BCUT2D eigenvalue weighted by molar-refractivity contribution is 5.80. The fraction of sp³-hybridized carbons (Fsp3) is 0.979. The van der Waals surface area contributed by atoms with E-state index in [9.17, 15) is 35.4 Å². The van der Waals surface area contributed by atoms with E-state index in [0.717, 1.165) is 38.5 Å². The summed E-state index contributed by atoms with van der Waals surface area (Å²) in [6.45, 7) is 3.69. The van der Waals surface area contributed by atoms with Crippen LogP contribution in [0.3, 0.4) is 0 Å². The highest BCUT2D eigenvalue weighted by Crippen LogP contribution is 2.23. The molecule has 0 spiro atoms. The van der Waals surface area contributed by atoms with Crippen molar-refractivity contribution in [2.24, 2.45) is 0 Å². The lowest BCUT2D eigenvalue weighted by Gasteiger charge is -2.40. The van der Waals surface area contributed by atoms with Crippen LogP contribution >= 0.6 is 0 Å². The second-order valence-corrected chi connectivity index (χ2v) is 17.4. The largest absolute Gasteiger partial charge is 0.394 e. The molecule has 0 bridgehead atoms. The number of hydrogen-bond donors (Lipinski definition) is 7. The van der Waals surface area contributed by atoms with E-state index in [1.807, 2.05) is 0 Å². The first kappa shape index (κ1) is 54.2. The second-order valence-electron chi connectivity index (χ2n) is 17.4. The zero-order valence-corrected chi connectivity index (χ0v) is 37.0. The minimum absolute atomic E-state index is 0.250. The molecule has 10 nitrogen and oxygen atoms in total. The van der Waals surface area contributed by atoms with Crippen molar-refractivity contribution in [2.75, 3.05) is 13.2 Å². The first-order chi connectivity index (χ1) is 27.8. The molecule has 0 aromatic rings. The summed E-state index contributed by atoms with van der Waals surface area (Å²) in [5.74, 6) is -0.579. The third-order valence-corrected chi connectivity index (χ3v) is 12.1. The van der Waals surface area contributed by atoms with Gasteiger partial charge in [0.1, 0.15) is 30.5 Å². The van der Waals surface area contributed by atoms with Gasteiger partial charge in [-0.15, -0.1) is 0 Å². The van der Waals surface area contributed by atoms with Gasteiger partial charge in [-0.2, -0.15) is 0 Å². The standard InChI is InChI=1S/C47H93NO9/c1-3-5-7-9-11-13-15-17-19-20-21-22-24-26-28-30-32-34-36-41(51)46(55)48-39(38-56-47-45(54)44(53)43(52)42(37-49)57-47)40(50)35-33-31-29-27-25-23-18-16-14-12-10-8-6-4-2/h39-45,47,49-54H,3-38H2,1-2H3,(H,48,55). The minimum Gasteiger partial charge on any atom is -0.394 e. The van der Waals surface area contributed by atoms with Gasteiger partial charge in [0, 0.05) is 0 Å². The molecule has 7 N–H and O–H groups in total. The van der Waals surface area contributed by atoms with Crippen molar-refractivity contribution in [3.63, 3.8) is 0 Å². The average molecular weight is 816 g/mol. The van der Waals surface area contributed by atoms with Gasteiger partial charge in [-0.25, -0.2) is 0 Å². The SMILES string of the molecule is CCCCCCCCCCCCCCCCCCCCC(O)C(=O)NC(COC1OC(CO)C(O)C(O)C1O)C(O)CCCCCCCCCCCCCCCC. The van der Waals surface area contributed by atoms with Gasteiger partial charge in [0.25, 0.3) is 0 Å². The molecule has 0 radical (unpaired) electrons. The summed E-state index contributed by atoms with van der Waals surface area (Å²) in [4.78, 5) is 13.1. The van der Waals surface area contributed by atoms with Gasteiger partial charge < -0.3 is 45.4 Å². The Hall–Kier alpha value is -0.850. The number of aliphatic hydroxyl groups is 6. The number of carbonyl (C=O) groups is 1. The van der Waals surface area contributed by atoms with Crippen LogP contribution in [0.4, 0.5) is 0 Å². The molecular formula is C47H93NO9. The van der Waals surface area contributed by atoms with Crippen LogP contribution in [0.1, 0.15) is 232 Å². The molecule has 8 unspecified atom stereocenters. The predicted octanol–water partition coefficient (Wildman–Crippen LogP) is 9.31. The van der Waals surface area contributed by atoms with Crippen LogP contribution in [-0.2, 0) is 14.3 Å². The van der Waals surface area contributed by atoms with Crippen LogP contribution in [0, 0.1) is 0 Å². The average Bonchev–Trinajstić information content (AvgIpc) is 3.21. The molecule has 0 saturated carbocycles. The molecule has 1 amide bonds. The maximum absolute atomic E-state index is 13.1. The van der Waals surface area contributed by atoms with Gasteiger partial charge >= 0.3 is 0 Å². The van der Waals surface area contributed by atoms with E-state index >= 15 is 0 Å². The summed E-state index contributed by atoms with van der Waals surface area (Å²) in [7, 11) is 0. The molecule has 0 aliphatic carbocycles. The van der Waals surface area contributed by atoms with Gasteiger partial charge in [0.2, 0.25) is 5.91 Å². The lowest BCUT2D eigenvalue weighted by molar-refractivity contribution is -0.302. The van der Waals surface area contributed by atoms with E-state index in [-0.39, 0.29) is 6.61 Å². The number of hydrogen-bond acceptors (Lipinski definition) is 9. The summed E-state index contributed by atoms with van der Waals surface area (Å²) in [5.41, 5.74) is 0. The topological polar surface area (TPSA) is 169 Å². The molecule has 1 fully saturated rings. The van der Waals surface area contributed by atoms with Gasteiger partial charge in [0.05, 0.1) is 25.4 Å². The normalized spacial score (nSPS) is 21.4. The number of nitrogens with one attached hydrogen (secondary N) is 1. The van der Waals surface area contributed by atoms with Crippen LogP contribution in [0.25, 0.3) is 0 Å². The molecule has 1 aliphatic rings. The number of carbonyl (C=O) groups excluding carboxylic acids is 1. The van der Waals surface area contributed by atoms with Gasteiger partial charge in [-0.05, 0) is 12.8 Å². The summed E-state index contributed by atoms with van der Waals surface area (Å²) in [6, 6.07) is -0.887. The zero-order valence-electron chi connectivity index (χ0n) is 37.0. The smallest absolute Gasteiger partial charge is 0.249 e. The minimum atomic E-state index is -1.59. The Bertz CT molecular complexity index is 880. The number of amides is 1. The van der Waals surface area contributed by atoms with E-state index in [1.165, 1.54) is 167 Å². The van der Waals surface area contributed by atoms with Crippen molar-refractivity contribution in [3.05, 3.63) is 0 Å². The lowest BCUT2D eigenvalue weighted by Crippen LogP contribution is -2.60. The maximum atomic E-state index is 13.1. The molecule has 1 heterocycles. The molecule has 0 aromatic carbocycles. The molecule has 1 rings (SSSR count). The lowest BCUT2D eigenvalue weighted by atomic mass is 9.99. The molecule has 1 aliphatic heterocycles. The van der Waals surface area contributed by atoms with Gasteiger partial charge in [-0.3, -0.25) is 4.79 Å². The highest BCUT2D eigenvalue weighted by atomic mass is 16.7. The summed E-state index contributed by atoms with van der Waals surface area (Å²) < 4.78 is 11.2. The van der Waals surface area contributed by atoms with Crippen molar-refractivity contribution < 1.29 is 44.9 Å². The van der Waals surface area contributed by atoms with Crippen LogP contribution < -0.4 is 5.32 Å². The zero-order chi connectivity index (χ0) is 41.8. The third kappa shape index (κ3) is 28.3. The van der Waals surface area contributed by atoms with E-state index in [1.54, 1.807) is 0 Å². The van der Waals surface area contributed by atoms with Crippen molar-refractivity contribution in [1.29, 1.82) is 0 Å². The summed E-state index contributed by atoms with van der Waals surface area (Å²) in [6.07, 6.45) is 31.5. The summed E-state index contributed by atoms with van der Waals surface area (Å²) in [5, 5.41) is 64.9. The molecule has 8 atom stereocenters. The number of unbranched alkanes of at least 4 members (excludes halogenated alkanes) is 30.